The van der Waals surface area contributed by atoms with Crippen LogP contribution in [0.2, 0.25) is 0 Å². The van der Waals surface area contributed by atoms with E-state index in [-0.39, 0.29) is 5.92 Å². The Kier molecular flexibility index (Phi) is 6.29. The van der Waals surface area contributed by atoms with Crippen LogP contribution in [0.3, 0.4) is 0 Å². The van der Waals surface area contributed by atoms with Crippen LogP contribution in [0.25, 0.3) is 5.69 Å². The third-order valence-electron chi connectivity index (χ3n) is 3.44. The topological polar surface area (TPSA) is 80.0 Å². The van der Waals surface area contributed by atoms with E-state index < -0.39 is 5.97 Å². The maximum Gasteiger partial charge on any atom is 0.307 e. The van der Waals surface area contributed by atoms with E-state index in [9.17, 15) is 9.90 Å². The van der Waals surface area contributed by atoms with Crippen molar-refractivity contribution in [2.45, 2.75) is 26.8 Å². The highest BCUT2D eigenvalue weighted by atomic mass is 79.9. The number of carboxylic acid groups (broad SMARTS) is 1. The van der Waals surface area contributed by atoms with Crippen LogP contribution in [-0.4, -0.2) is 32.6 Å². The van der Waals surface area contributed by atoms with Crippen molar-refractivity contribution in [3.8, 4) is 5.69 Å². The number of benzene rings is 1. The van der Waals surface area contributed by atoms with Crippen LogP contribution >= 0.6 is 15.9 Å². The molecule has 6 nitrogen and oxygen atoms in total. The number of nitrogens with zero attached hydrogens (tertiary/aromatic N) is 3. The molecule has 2 aromatic rings. The van der Waals surface area contributed by atoms with Crippen LogP contribution in [0, 0.1) is 11.8 Å². The van der Waals surface area contributed by atoms with E-state index in [0.717, 1.165) is 15.9 Å². The van der Waals surface area contributed by atoms with Gasteiger partial charge in [0.05, 0.1) is 23.5 Å². The summed E-state index contributed by atoms with van der Waals surface area (Å²) < 4.78 is 2.64. The molecular formula is C16H21BrN4O2. The number of carboxylic acids is 1. The van der Waals surface area contributed by atoms with Crippen LogP contribution in [0.4, 0.5) is 0 Å². The number of para-hydroxylation sites is 1. The monoisotopic (exact) mass is 380 g/mol. The minimum absolute atomic E-state index is 0.356. The number of nitrogens with one attached hydrogen (secondary N) is 1. The zero-order valence-corrected chi connectivity index (χ0v) is 14.8. The van der Waals surface area contributed by atoms with Crippen LogP contribution in [0.1, 0.15) is 26.0 Å². The summed E-state index contributed by atoms with van der Waals surface area (Å²) in [5, 5.41) is 20.6. The molecule has 1 aromatic heterocycles. The molecule has 124 valence electrons. The van der Waals surface area contributed by atoms with Gasteiger partial charge in [-0.2, -0.15) is 0 Å². The van der Waals surface area contributed by atoms with E-state index >= 15 is 0 Å². The summed E-state index contributed by atoms with van der Waals surface area (Å²) in [6.07, 6.45) is 2.50. The van der Waals surface area contributed by atoms with Crippen molar-refractivity contribution in [3.05, 3.63) is 40.6 Å². The fourth-order valence-corrected chi connectivity index (χ4v) is 2.82. The first-order valence-electron chi connectivity index (χ1n) is 7.57. The Balaban J connectivity index is 1.92. The van der Waals surface area contributed by atoms with Gasteiger partial charge < -0.3 is 10.4 Å². The third kappa shape index (κ3) is 5.14. The largest absolute Gasteiger partial charge is 0.481 e. The van der Waals surface area contributed by atoms with Gasteiger partial charge in [-0.3, -0.25) is 4.79 Å². The van der Waals surface area contributed by atoms with Crippen LogP contribution in [0.5, 0.6) is 0 Å². The highest BCUT2D eigenvalue weighted by Crippen LogP contribution is 2.19. The predicted octanol–water partition coefficient (Wildman–Crippen LogP) is 2.87. The van der Waals surface area contributed by atoms with Crippen LogP contribution < -0.4 is 5.32 Å². The zero-order chi connectivity index (χ0) is 16.8. The Morgan fingerprint density at radius 2 is 2.13 bits per heavy atom. The van der Waals surface area contributed by atoms with Crippen LogP contribution in [0.15, 0.2) is 34.9 Å². The van der Waals surface area contributed by atoms with Gasteiger partial charge in [-0.1, -0.05) is 31.2 Å². The van der Waals surface area contributed by atoms with Gasteiger partial charge in [0.15, 0.2) is 0 Å². The molecule has 0 saturated carbocycles. The maximum absolute atomic E-state index is 11.2. The molecule has 1 heterocycles. The Hall–Kier alpha value is -1.73. The van der Waals surface area contributed by atoms with E-state index in [0.29, 0.717) is 25.4 Å². The van der Waals surface area contributed by atoms with Gasteiger partial charge in [0, 0.05) is 17.6 Å². The smallest absolute Gasteiger partial charge is 0.307 e. The summed E-state index contributed by atoms with van der Waals surface area (Å²) >= 11 is 3.48. The second kappa shape index (κ2) is 8.21. The highest BCUT2D eigenvalue weighted by molar-refractivity contribution is 9.10. The summed E-state index contributed by atoms with van der Waals surface area (Å²) in [5.74, 6) is -0.786. The third-order valence-corrected chi connectivity index (χ3v) is 4.11. The van der Waals surface area contributed by atoms with Crippen molar-refractivity contribution >= 4 is 21.9 Å². The molecule has 1 aromatic carbocycles. The average molecular weight is 381 g/mol. The van der Waals surface area contributed by atoms with Crippen molar-refractivity contribution in [1.82, 2.24) is 20.3 Å². The number of aromatic nitrogens is 3. The Morgan fingerprint density at radius 3 is 2.78 bits per heavy atom. The predicted molar refractivity (Wildman–Crippen MR) is 91.3 cm³/mol. The lowest BCUT2D eigenvalue weighted by Gasteiger charge is -2.14. The van der Waals surface area contributed by atoms with Crippen molar-refractivity contribution in [1.29, 1.82) is 0 Å². The molecule has 0 aliphatic heterocycles. The van der Waals surface area contributed by atoms with Crippen molar-refractivity contribution in [3.63, 3.8) is 0 Å². The molecule has 2 rings (SSSR count). The molecule has 0 saturated heterocycles. The van der Waals surface area contributed by atoms with Gasteiger partial charge in [-0.25, -0.2) is 4.68 Å². The van der Waals surface area contributed by atoms with Gasteiger partial charge >= 0.3 is 5.97 Å². The standard InChI is InChI=1S/C16H21BrN4O2/c1-11(2)7-12(16(22)23)8-18-9-13-10-21(20-19-13)15-6-4-3-5-14(15)17/h3-6,10-12,18H,7-9H2,1-2H3,(H,22,23). The Labute approximate surface area is 144 Å². The summed E-state index contributed by atoms with van der Waals surface area (Å²) in [6.45, 7) is 4.97. The number of aliphatic carboxylic acids is 1. The van der Waals surface area contributed by atoms with E-state index in [2.05, 4.69) is 31.6 Å². The summed E-state index contributed by atoms with van der Waals surface area (Å²) in [7, 11) is 0. The second-order valence-electron chi connectivity index (χ2n) is 5.90. The van der Waals surface area contributed by atoms with Gasteiger partial charge in [-0.05, 0) is 40.4 Å². The molecule has 0 aliphatic rings. The van der Waals surface area contributed by atoms with Gasteiger partial charge in [0.2, 0.25) is 0 Å². The van der Waals surface area contributed by atoms with E-state index in [1.807, 2.05) is 44.3 Å². The molecule has 0 aliphatic carbocycles. The number of halogens is 1. The van der Waals surface area contributed by atoms with E-state index in [4.69, 9.17) is 0 Å². The maximum atomic E-state index is 11.2. The SMILES string of the molecule is CC(C)CC(CNCc1cn(-c2ccccc2Br)nn1)C(=O)O. The van der Waals surface area contributed by atoms with E-state index in [1.165, 1.54) is 0 Å². The second-order valence-corrected chi connectivity index (χ2v) is 6.76. The first-order valence-corrected chi connectivity index (χ1v) is 8.36. The minimum atomic E-state index is -0.761. The fourth-order valence-electron chi connectivity index (χ4n) is 2.35. The number of carbonyl (C=O) groups is 1. The van der Waals surface area contributed by atoms with Gasteiger partial charge in [-0.15, -0.1) is 5.10 Å². The van der Waals surface area contributed by atoms with Crippen molar-refractivity contribution in [2.75, 3.05) is 6.54 Å². The quantitative estimate of drug-likeness (QED) is 0.735. The lowest BCUT2D eigenvalue weighted by molar-refractivity contribution is -0.142. The van der Waals surface area contributed by atoms with Crippen molar-refractivity contribution < 1.29 is 9.90 Å². The average Bonchev–Trinajstić information content (AvgIpc) is 2.95. The highest BCUT2D eigenvalue weighted by Gasteiger charge is 2.18. The molecule has 0 fully saturated rings. The van der Waals surface area contributed by atoms with Crippen molar-refractivity contribution in [2.24, 2.45) is 11.8 Å². The molecule has 0 radical (unpaired) electrons. The fraction of sp³-hybridized carbons (Fsp3) is 0.438. The number of hydrogen-bond acceptors (Lipinski definition) is 4. The lowest BCUT2D eigenvalue weighted by atomic mass is 9.97. The molecule has 0 amide bonds. The molecule has 1 atom stereocenters. The number of hydrogen-bond donors (Lipinski definition) is 2. The summed E-state index contributed by atoms with van der Waals surface area (Å²) in [6, 6.07) is 7.76. The first kappa shape index (κ1) is 17.6. The van der Waals surface area contributed by atoms with Crippen LogP contribution in [-0.2, 0) is 11.3 Å². The molecule has 0 spiro atoms. The van der Waals surface area contributed by atoms with E-state index in [1.54, 1.807) is 4.68 Å². The first-order chi connectivity index (χ1) is 11.0. The van der Waals surface area contributed by atoms with Gasteiger partial charge in [0.1, 0.15) is 0 Å². The zero-order valence-electron chi connectivity index (χ0n) is 13.2. The summed E-state index contributed by atoms with van der Waals surface area (Å²) in [5.41, 5.74) is 1.68. The summed E-state index contributed by atoms with van der Waals surface area (Å²) in [4.78, 5) is 11.2. The normalized spacial score (nSPS) is 12.5. The molecule has 0 bridgehead atoms. The molecule has 2 N–H and O–H groups in total. The molecule has 1 unspecified atom stereocenters. The Bertz CT molecular complexity index is 657. The van der Waals surface area contributed by atoms with Gasteiger partial charge in [0.25, 0.3) is 0 Å². The lowest BCUT2D eigenvalue weighted by Crippen LogP contribution is -2.29. The molecule has 7 heteroatoms. The number of rotatable bonds is 8. The molecule has 23 heavy (non-hydrogen) atoms. The minimum Gasteiger partial charge on any atom is -0.481 e. The Morgan fingerprint density at radius 1 is 1.39 bits per heavy atom. The molecular weight excluding hydrogens is 360 g/mol.